The van der Waals surface area contributed by atoms with Crippen LogP contribution >= 0.6 is 11.3 Å². The number of carbonyl (C=O) groups excluding carboxylic acids is 2. The van der Waals surface area contributed by atoms with Crippen molar-refractivity contribution in [2.24, 2.45) is 0 Å². The molecule has 31 heavy (non-hydrogen) atoms. The van der Waals surface area contributed by atoms with E-state index < -0.39 is 15.8 Å². The van der Waals surface area contributed by atoms with E-state index in [-0.39, 0.29) is 36.1 Å². The normalized spacial score (nSPS) is 24.1. The van der Waals surface area contributed by atoms with Crippen LogP contribution in [0.2, 0.25) is 0 Å². The van der Waals surface area contributed by atoms with Crippen molar-refractivity contribution < 1.29 is 22.7 Å². The maximum absolute atomic E-state index is 13.1. The monoisotopic (exact) mass is 467 g/mol. The summed E-state index contributed by atoms with van der Waals surface area (Å²) in [6, 6.07) is 1.71. The number of hydrogen-bond donors (Lipinski definition) is 0. The Hall–Kier alpha value is -1.41. The number of rotatable bonds is 5. The number of ether oxygens (including phenoxy) is 1. The summed E-state index contributed by atoms with van der Waals surface area (Å²) in [4.78, 5) is 29.4. The molecule has 0 bridgehead atoms. The maximum Gasteiger partial charge on any atom is 0.348 e. The van der Waals surface area contributed by atoms with Gasteiger partial charge in [-0.2, -0.15) is 0 Å². The minimum Gasteiger partial charge on any atom is -0.451 e. The summed E-state index contributed by atoms with van der Waals surface area (Å²) in [7, 11) is -3.09. The van der Waals surface area contributed by atoms with Crippen molar-refractivity contribution in [2.75, 3.05) is 18.1 Å². The fraction of sp³-hybridized carbons (Fsp3) is 0.739. The summed E-state index contributed by atoms with van der Waals surface area (Å²) < 4.78 is 29.5. The summed E-state index contributed by atoms with van der Waals surface area (Å²) in [5.74, 6) is -0.528. The number of nitrogens with zero attached hydrogens (tertiary/aromatic N) is 1. The molecule has 0 unspecified atom stereocenters. The molecule has 4 rings (SSSR count). The largest absolute Gasteiger partial charge is 0.451 e. The van der Waals surface area contributed by atoms with Gasteiger partial charge in [0, 0.05) is 17.0 Å². The lowest BCUT2D eigenvalue weighted by Crippen LogP contribution is -2.50. The average Bonchev–Trinajstić information content (AvgIpc) is 3.29. The molecular formula is C23H33NO5S2. The van der Waals surface area contributed by atoms with Gasteiger partial charge in [0.1, 0.15) is 4.88 Å². The highest BCUT2D eigenvalue weighted by molar-refractivity contribution is 7.91. The van der Waals surface area contributed by atoms with Crippen LogP contribution in [-0.2, 0) is 32.2 Å². The molecule has 2 aliphatic carbocycles. The van der Waals surface area contributed by atoms with E-state index in [2.05, 4.69) is 0 Å². The van der Waals surface area contributed by atoms with Crippen molar-refractivity contribution >= 4 is 33.1 Å². The molecule has 1 atom stereocenters. The van der Waals surface area contributed by atoms with Crippen molar-refractivity contribution in [3.05, 3.63) is 21.4 Å². The standard InChI is InChI=1S/C23H33NO5S2/c25-22(24(18-9-5-3-6-10-18)19-12-13-31(27,28)16-19)15-29-23(26)21-14-17-8-4-1-2-7-11-20(17)30-21/h14,18-19H,1-13,15-16H2/t19-/m1/s1. The van der Waals surface area contributed by atoms with E-state index in [9.17, 15) is 18.0 Å². The van der Waals surface area contributed by atoms with Crippen LogP contribution in [-0.4, -0.2) is 55.4 Å². The average molecular weight is 468 g/mol. The smallest absolute Gasteiger partial charge is 0.348 e. The fourth-order valence-corrected chi connectivity index (χ4v) is 8.14. The maximum atomic E-state index is 13.1. The summed E-state index contributed by atoms with van der Waals surface area (Å²) in [5.41, 5.74) is 1.25. The third-order valence-electron chi connectivity index (χ3n) is 6.88. The number of hydrogen-bond acceptors (Lipinski definition) is 6. The molecule has 2 fully saturated rings. The fourth-order valence-electron chi connectivity index (χ4n) is 5.28. The highest BCUT2D eigenvalue weighted by Gasteiger charge is 2.38. The number of aryl methyl sites for hydroxylation is 2. The molecule has 0 spiro atoms. The van der Waals surface area contributed by atoms with Gasteiger partial charge in [0.15, 0.2) is 16.4 Å². The molecule has 3 aliphatic rings. The summed E-state index contributed by atoms with van der Waals surface area (Å²) >= 11 is 1.50. The van der Waals surface area contributed by atoms with Gasteiger partial charge in [0.2, 0.25) is 0 Å². The highest BCUT2D eigenvalue weighted by atomic mass is 32.2. The SMILES string of the molecule is O=C(OCC(=O)N(C1CCCCC1)[C@@H]1CCS(=O)(=O)C1)c1cc2c(s1)CCCCCC2. The van der Waals surface area contributed by atoms with E-state index in [1.54, 1.807) is 4.90 Å². The Balaban J connectivity index is 1.41. The van der Waals surface area contributed by atoms with Crippen molar-refractivity contribution in [3.63, 3.8) is 0 Å². The van der Waals surface area contributed by atoms with E-state index in [1.807, 2.05) is 6.07 Å². The number of amides is 1. The van der Waals surface area contributed by atoms with Crippen LogP contribution in [0.25, 0.3) is 0 Å². The molecule has 1 aliphatic heterocycles. The molecule has 2 heterocycles. The van der Waals surface area contributed by atoms with Gasteiger partial charge in [-0.15, -0.1) is 11.3 Å². The molecule has 1 aromatic heterocycles. The third-order valence-corrected chi connectivity index (χ3v) is 9.85. The number of thiophene rings is 1. The van der Waals surface area contributed by atoms with Gasteiger partial charge in [-0.1, -0.05) is 32.1 Å². The van der Waals surface area contributed by atoms with Gasteiger partial charge in [0.25, 0.3) is 5.91 Å². The van der Waals surface area contributed by atoms with Crippen molar-refractivity contribution in [1.29, 1.82) is 0 Å². The van der Waals surface area contributed by atoms with Gasteiger partial charge in [0.05, 0.1) is 11.5 Å². The van der Waals surface area contributed by atoms with Crippen molar-refractivity contribution in [2.45, 2.75) is 89.1 Å². The Bertz CT molecular complexity index is 876. The first-order valence-electron chi connectivity index (χ1n) is 11.7. The third kappa shape index (κ3) is 5.69. The molecule has 1 saturated carbocycles. The first-order chi connectivity index (χ1) is 14.9. The van der Waals surface area contributed by atoms with Crippen LogP contribution in [0.5, 0.6) is 0 Å². The molecule has 172 valence electrons. The predicted molar refractivity (Wildman–Crippen MR) is 121 cm³/mol. The van der Waals surface area contributed by atoms with Gasteiger partial charge in [-0.3, -0.25) is 4.79 Å². The second-order valence-electron chi connectivity index (χ2n) is 9.20. The van der Waals surface area contributed by atoms with Crippen molar-refractivity contribution in [3.8, 4) is 0 Å². The van der Waals surface area contributed by atoms with E-state index in [0.717, 1.165) is 57.8 Å². The molecule has 1 aromatic rings. The number of sulfone groups is 1. The lowest BCUT2D eigenvalue weighted by atomic mass is 9.93. The van der Waals surface area contributed by atoms with Crippen LogP contribution < -0.4 is 0 Å². The van der Waals surface area contributed by atoms with Crippen LogP contribution in [0.3, 0.4) is 0 Å². The Morgan fingerprint density at radius 3 is 2.39 bits per heavy atom. The Morgan fingerprint density at radius 1 is 0.968 bits per heavy atom. The molecule has 1 saturated heterocycles. The first kappa shape index (κ1) is 22.8. The zero-order valence-electron chi connectivity index (χ0n) is 18.1. The molecule has 8 heteroatoms. The molecule has 0 N–H and O–H groups in total. The summed E-state index contributed by atoms with van der Waals surface area (Å²) in [5, 5.41) is 0. The van der Waals surface area contributed by atoms with Gasteiger partial charge in [-0.05, 0) is 56.6 Å². The topological polar surface area (TPSA) is 80.8 Å². The second-order valence-corrected chi connectivity index (χ2v) is 12.6. The van der Waals surface area contributed by atoms with E-state index >= 15 is 0 Å². The zero-order valence-corrected chi connectivity index (χ0v) is 19.8. The van der Waals surface area contributed by atoms with Gasteiger partial charge < -0.3 is 9.64 Å². The highest BCUT2D eigenvalue weighted by Crippen LogP contribution is 2.30. The van der Waals surface area contributed by atoms with E-state index in [1.165, 1.54) is 34.6 Å². The predicted octanol–water partition coefficient (Wildman–Crippen LogP) is 3.91. The minimum atomic E-state index is -3.09. The van der Waals surface area contributed by atoms with Crippen molar-refractivity contribution in [1.82, 2.24) is 4.90 Å². The minimum absolute atomic E-state index is 0.0286. The molecular weight excluding hydrogens is 434 g/mol. The lowest BCUT2D eigenvalue weighted by Gasteiger charge is -2.38. The van der Waals surface area contributed by atoms with Crippen LogP contribution in [0, 0.1) is 0 Å². The zero-order chi connectivity index (χ0) is 21.8. The number of esters is 1. The Labute approximate surface area is 189 Å². The second kappa shape index (κ2) is 10.0. The lowest BCUT2D eigenvalue weighted by molar-refractivity contribution is -0.139. The van der Waals surface area contributed by atoms with Crippen LogP contribution in [0.15, 0.2) is 6.07 Å². The first-order valence-corrected chi connectivity index (χ1v) is 14.4. The van der Waals surface area contributed by atoms with E-state index in [0.29, 0.717) is 11.3 Å². The van der Waals surface area contributed by atoms with Crippen LogP contribution in [0.4, 0.5) is 0 Å². The van der Waals surface area contributed by atoms with Gasteiger partial charge in [-0.25, -0.2) is 13.2 Å². The number of fused-ring (bicyclic) bond motifs is 1. The molecule has 0 aromatic carbocycles. The molecule has 6 nitrogen and oxygen atoms in total. The summed E-state index contributed by atoms with van der Waals surface area (Å²) in [6.45, 7) is -0.311. The summed E-state index contributed by atoms with van der Waals surface area (Å²) in [6.07, 6.45) is 12.3. The molecule has 1 amide bonds. The Morgan fingerprint density at radius 2 is 1.68 bits per heavy atom. The Kier molecular flexibility index (Phi) is 7.37. The van der Waals surface area contributed by atoms with Crippen LogP contribution in [0.1, 0.15) is 84.3 Å². The molecule has 0 radical (unpaired) electrons. The number of carbonyl (C=O) groups is 2. The van der Waals surface area contributed by atoms with Gasteiger partial charge >= 0.3 is 5.97 Å². The quantitative estimate of drug-likeness (QED) is 0.613. The van der Waals surface area contributed by atoms with E-state index in [4.69, 9.17) is 4.74 Å².